The predicted octanol–water partition coefficient (Wildman–Crippen LogP) is 3.53. The molecular formula is C19H28N2. The van der Waals surface area contributed by atoms with Crippen molar-refractivity contribution < 1.29 is 0 Å². The van der Waals surface area contributed by atoms with Gasteiger partial charge in [-0.05, 0) is 75.1 Å². The lowest BCUT2D eigenvalue weighted by molar-refractivity contribution is 0.133. The Balaban J connectivity index is 1.27. The van der Waals surface area contributed by atoms with E-state index in [-0.39, 0.29) is 0 Å². The van der Waals surface area contributed by atoms with Crippen molar-refractivity contribution in [3.05, 3.63) is 35.4 Å². The van der Waals surface area contributed by atoms with Gasteiger partial charge in [-0.2, -0.15) is 0 Å². The Morgan fingerprint density at radius 1 is 1.10 bits per heavy atom. The summed E-state index contributed by atoms with van der Waals surface area (Å²) in [6.45, 7) is 2.25. The first-order chi connectivity index (χ1) is 10.3. The summed E-state index contributed by atoms with van der Waals surface area (Å²) in [5, 5.41) is 3.72. The second-order valence-corrected chi connectivity index (χ2v) is 7.54. The Labute approximate surface area is 128 Å². The molecule has 0 amide bonds. The van der Waals surface area contributed by atoms with Crippen LogP contribution in [-0.4, -0.2) is 30.6 Å². The minimum Gasteiger partial charge on any atom is -0.312 e. The van der Waals surface area contributed by atoms with Gasteiger partial charge in [0, 0.05) is 18.6 Å². The monoisotopic (exact) mass is 284 g/mol. The molecule has 2 atom stereocenters. The molecule has 1 aromatic carbocycles. The van der Waals surface area contributed by atoms with Gasteiger partial charge in [0.1, 0.15) is 0 Å². The zero-order valence-electron chi connectivity index (χ0n) is 13.2. The zero-order chi connectivity index (χ0) is 14.2. The summed E-state index contributed by atoms with van der Waals surface area (Å²) >= 11 is 0. The van der Waals surface area contributed by atoms with E-state index in [9.17, 15) is 0 Å². The van der Waals surface area contributed by atoms with E-state index in [1.54, 1.807) is 5.56 Å². The molecule has 1 aromatic rings. The summed E-state index contributed by atoms with van der Waals surface area (Å²) in [4.78, 5) is 2.63. The summed E-state index contributed by atoms with van der Waals surface area (Å²) in [6.07, 6.45) is 8.47. The van der Waals surface area contributed by atoms with Crippen LogP contribution in [0.2, 0.25) is 0 Å². The van der Waals surface area contributed by atoms with E-state index in [4.69, 9.17) is 0 Å². The largest absolute Gasteiger partial charge is 0.312 e. The molecule has 3 fully saturated rings. The second-order valence-electron chi connectivity index (χ2n) is 7.54. The number of hydrogen-bond acceptors (Lipinski definition) is 2. The molecule has 2 heterocycles. The van der Waals surface area contributed by atoms with Crippen LogP contribution in [0, 0.1) is 5.92 Å². The molecule has 0 spiro atoms. The van der Waals surface area contributed by atoms with Gasteiger partial charge in [0.25, 0.3) is 0 Å². The number of piperidine rings is 1. The van der Waals surface area contributed by atoms with Crippen molar-refractivity contribution >= 4 is 0 Å². The van der Waals surface area contributed by atoms with Crippen molar-refractivity contribution in [2.24, 2.45) is 5.92 Å². The van der Waals surface area contributed by atoms with E-state index in [2.05, 4.69) is 41.5 Å². The standard InChI is InChI=1S/C19H28N2/c1-21-18-7-8-19(21)11-15(10-18)13-20-12-14-3-2-4-17(9-14)16-5-6-16/h2-4,9,15-16,18-20H,5-8,10-13H2,1H3. The molecule has 4 rings (SSSR count). The molecule has 1 N–H and O–H groups in total. The number of nitrogens with zero attached hydrogens (tertiary/aromatic N) is 1. The molecule has 21 heavy (non-hydrogen) atoms. The fourth-order valence-corrected chi connectivity index (χ4v) is 4.49. The average molecular weight is 284 g/mol. The van der Waals surface area contributed by atoms with Crippen molar-refractivity contribution in [1.29, 1.82) is 0 Å². The third-order valence-electron chi connectivity index (χ3n) is 5.96. The third-order valence-corrected chi connectivity index (χ3v) is 5.96. The van der Waals surface area contributed by atoms with Crippen molar-refractivity contribution in [3.8, 4) is 0 Å². The molecule has 2 nitrogen and oxygen atoms in total. The normalized spacial score (nSPS) is 32.5. The summed E-state index contributed by atoms with van der Waals surface area (Å²) < 4.78 is 0. The number of nitrogens with one attached hydrogen (secondary N) is 1. The Kier molecular flexibility index (Phi) is 3.76. The molecule has 1 saturated carbocycles. The first kappa shape index (κ1) is 13.8. The summed E-state index contributed by atoms with van der Waals surface area (Å²) in [5.74, 6) is 1.76. The van der Waals surface area contributed by atoms with Crippen molar-refractivity contribution in [1.82, 2.24) is 10.2 Å². The summed E-state index contributed by atoms with van der Waals surface area (Å²) in [5.41, 5.74) is 3.03. The summed E-state index contributed by atoms with van der Waals surface area (Å²) in [6, 6.07) is 11.0. The van der Waals surface area contributed by atoms with Crippen LogP contribution in [0.3, 0.4) is 0 Å². The van der Waals surface area contributed by atoms with Crippen LogP contribution in [0.1, 0.15) is 55.6 Å². The Morgan fingerprint density at radius 2 is 1.86 bits per heavy atom. The van der Waals surface area contributed by atoms with Gasteiger partial charge in [0.15, 0.2) is 0 Å². The molecule has 1 aliphatic carbocycles. The van der Waals surface area contributed by atoms with E-state index in [0.29, 0.717) is 0 Å². The van der Waals surface area contributed by atoms with Crippen molar-refractivity contribution in [2.75, 3.05) is 13.6 Å². The van der Waals surface area contributed by atoms with E-state index < -0.39 is 0 Å². The lowest BCUT2D eigenvalue weighted by Gasteiger charge is -2.36. The van der Waals surface area contributed by atoms with E-state index in [1.165, 1.54) is 50.6 Å². The molecule has 114 valence electrons. The molecule has 0 aromatic heterocycles. The Bertz CT molecular complexity index is 480. The molecule has 2 bridgehead atoms. The first-order valence-electron chi connectivity index (χ1n) is 8.81. The number of hydrogen-bond donors (Lipinski definition) is 1. The van der Waals surface area contributed by atoms with Crippen LogP contribution in [0.5, 0.6) is 0 Å². The molecular weight excluding hydrogens is 256 g/mol. The highest BCUT2D eigenvalue weighted by atomic mass is 15.2. The van der Waals surface area contributed by atoms with Gasteiger partial charge in [-0.3, -0.25) is 0 Å². The fraction of sp³-hybridized carbons (Fsp3) is 0.684. The maximum Gasteiger partial charge on any atom is 0.0205 e. The smallest absolute Gasteiger partial charge is 0.0205 e. The Morgan fingerprint density at radius 3 is 2.57 bits per heavy atom. The van der Waals surface area contributed by atoms with Crippen LogP contribution >= 0.6 is 0 Å². The van der Waals surface area contributed by atoms with Crippen LogP contribution in [0.4, 0.5) is 0 Å². The average Bonchev–Trinajstić information content (AvgIpc) is 3.31. The number of benzene rings is 1. The van der Waals surface area contributed by atoms with Gasteiger partial charge in [-0.25, -0.2) is 0 Å². The molecule has 2 aliphatic heterocycles. The number of rotatable bonds is 5. The molecule has 3 aliphatic rings. The lowest BCUT2D eigenvalue weighted by atomic mass is 9.91. The molecule has 2 saturated heterocycles. The van der Waals surface area contributed by atoms with E-state index in [1.807, 2.05) is 0 Å². The highest BCUT2D eigenvalue weighted by Gasteiger charge is 2.37. The quantitative estimate of drug-likeness (QED) is 0.890. The number of fused-ring (bicyclic) bond motifs is 2. The highest BCUT2D eigenvalue weighted by Crippen LogP contribution is 2.40. The maximum absolute atomic E-state index is 3.72. The van der Waals surface area contributed by atoms with Crippen LogP contribution < -0.4 is 5.32 Å². The highest BCUT2D eigenvalue weighted by molar-refractivity contribution is 5.29. The summed E-state index contributed by atoms with van der Waals surface area (Å²) in [7, 11) is 2.33. The molecule has 2 unspecified atom stereocenters. The van der Waals surface area contributed by atoms with Crippen LogP contribution in [-0.2, 0) is 6.54 Å². The van der Waals surface area contributed by atoms with E-state index >= 15 is 0 Å². The molecule has 2 heteroatoms. The third kappa shape index (κ3) is 3.02. The second kappa shape index (κ2) is 5.73. The van der Waals surface area contributed by atoms with Crippen molar-refractivity contribution in [3.63, 3.8) is 0 Å². The minimum absolute atomic E-state index is 0.869. The van der Waals surface area contributed by atoms with Gasteiger partial charge >= 0.3 is 0 Å². The van der Waals surface area contributed by atoms with Crippen molar-refractivity contribution in [2.45, 2.75) is 63.1 Å². The predicted molar refractivity (Wildman–Crippen MR) is 87.4 cm³/mol. The first-order valence-corrected chi connectivity index (χ1v) is 8.81. The van der Waals surface area contributed by atoms with Gasteiger partial charge in [-0.1, -0.05) is 24.3 Å². The zero-order valence-corrected chi connectivity index (χ0v) is 13.2. The Hall–Kier alpha value is -0.860. The molecule has 0 radical (unpaired) electrons. The maximum atomic E-state index is 3.72. The topological polar surface area (TPSA) is 15.3 Å². The van der Waals surface area contributed by atoms with Gasteiger partial charge in [-0.15, -0.1) is 0 Å². The SMILES string of the molecule is CN1C2CCC1CC(CNCc1cccc(C3CC3)c1)C2. The fourth-order valence-electron chi connectivity index (χ4n) is 4.49. The van der Waals surface area contributed by atoms with Gasteiger partial charge < -0.3 is 10.2 Å². The lowest BCUT2D eigenvalue weighted by Crippen LogP contribution is -2.42. The van der Waals surface area contributed by atoms with Gasteiger partial charge in [0.2, 0.25) is 0 Å². The van der Waals surface area contributed by atoms with Crippen LogP contribution in [0.25, 0.3) is 0 Å². The van der Waals surface area contributed by atoms with E-state index in [0.717, 1.165) is 30.5 Å². The minimum atomic E-state index is 0.869. The van der Waals surface area contributed by atoms with Gasteiger partial charge in [0.05, 0.1) is 0 Å². The van der Waals surface area contributed by atoms with Crippen LogP contribution in [0.15, 0.2) is 24.3 Å².